The van der Waals surface area contributed by atoms with Crippen LogP contribution in [0.25, 0.3) is 0 Å². The van der Waals surface area contributed by atoms with Gasteiger partial charge in [0.15, 0.2) is 5.75 Å². The molecule has 0 bridgehead atoms. The zero-order valence-electron chi connectivity index (χ0n) is 14.7. The zero-order valence-corrected chi connectivity index (χ0v) is 14.7. The van der Waals surface area contributed by atoms with E-state index in [1.165, 1.54) is 18.5 Å². The maximum Gasteiger partial charge on any atom is 0.416 e. The summed E-state index contributed by atoms with van der Waals surface area (Å²) in [6.07, 6.45) is -1.88. The van der Waals surface area contributed by atoms with Gasteiger partial charge in [0, 0.05) is 18.7 Å². The summed E-state index contributed by atoms with van der Waals surface area (Å²) in [6, 6.07) is 4.03. The number of nitrogens with zero attached hydrogens (tertiary/aromatic N) is 3. The molecule has 1 aromatic heterocycles. The van der Waals surface area contributed by atoms with E-state index < -0.39 is 11.7 Å². The summed E-state index contributed by atoms with van der Waals surface area (Å²) in [4.78, 5) is 10.3. The minimum Gasteiger partial charge on any atom is -0.486 e. The summed E-state index contributed by atoms with van der Waals surface area (Å²) < 4.78 is 50.3. The number of aromatic nitrogens is 2. The van der Waals surface area contributed by atoms with Crippen molar-refractivity contribution in [3.8, 4) is 5.75 Å². The first-order valence-corrected chi connectivity index (χ1v) is 8.46. The molecule has 6 nitrogen and oxygen atoms in total. The Morgan fingerprint density at radius 3 is 2.70 bits per heavy atom. The van der Waals surface area contributed by atoms with Gasteiger partial charge in [-0.25, -0.2) is 9.97 Å². The fraction of sp³-hybridized carbons (Fsp3) is 0.444. The number of alkyl halides is 3. The van der Waals surface area contributed by atoms with Crippen molar-refractivity contribution in [2.75, 3.05) is 31.2 Å². The van der Waals surface area contributed by atoms with Gasteiger partial charge in [-0.3, -0.25) is 0 Å². The molecule has 146 valence electrons. The second kappa shape index (κ2) is 8.10. The molecule has 1 fully saturated rings. The van der Waals surface area contributed by atoms with E-state index in [0.29, 0.717) is 31.2 Å². The molecule has 0 unspecified atom stereocenters. The number of morpholine rings is 1. The Morgan fingerprint density at radius 2 is 2.04 bits per heavy atom. The van der Waals surface area contributed by atoms with Crippen molar-refractivity contribution in [3.05, 3.63) is 47.3 Å². The van der Waals surface area contributed by atoms with Gasteiger partial charge >= 0.3 is 6.18 Å². The Kier molecular flexibility index (Phi) is 5.81. The second-order valence-electron chi connectivity index (χ2n) is 6.23. The van der Waals surface area contributed by atoms with Crippen LogP contribution in [0.4, 0.5) is 19.1 Å². The number of halogens is 3. The first-order valence-electron chi connectivity index (χ1n) is 8.46. The van der Waals surface area contributed by atoms with Crippen LogP contribution in [0.3, 0.4) is 0 Å². The lowest BCUT2D eigenvalue weighted by Crippen LogP contribution is -2.44. The fourth-order valence-corrected chi connectivity index (χ4v) is 2.87. The number of benzene rings is 1. The molecular formula is C18H20F3N3O3. The van der Waals surface area contributed by atoms with Gasteiger partial charge in [-0.1, -0.05) is 12.1 Å². The molecule has 9 heteroatoms. The quantitative estimate of drug-likeness (QED) is 0.856. The van der Waals surface area contributed by atoms with Crippen molar-refractivity contribution in [1.29, 1.82) is 0 Å². The van der Waals surface area contributed by atoms with Gasteiger partial charge in [0.1, 0.15) is 6.61 Å². The third kappa shape index (κ3) is 4.67. The topological polar surface area (TPSA) is 67.7 Å². The van der Waals surface area contributed by atoms with Gasteiger partial charge in [-0.05, 0) is 18.6 Å². The average Bonchev–Trinajstić information content (AvgIpc) is 2.66. The summed E-state index contributed by atoms with van der Waals surface area (Å²) in [5.74, 6) is 0.734. The molecule has 1 atom stereocenters. The van der Waals surface area contributed by atoms with E-state index in [1.807, 2.05) is 4.90 Å². The summed E-state index contributed by atoms with van der Waals surface area (Å²) in [5, 5.41) is 9.19. The summed E-state index contributed by atoms with van der Waals surface area (Å²) in [5.41, 5.74) is -0.109. The largest absolute Gasteiger partial charge is 0.486 e. The number of aliphatic hydroxyl groups is 1. The van der Waals surface area contributed by atoms with Crippen LogP contribution in [0.1, 0.15) is 16.7 Å². The minimum absolute atomic E-state index is 0.0876. The zero-order chi connectivity index (χ0) is 19.4. The highest BCUT2D eigenvalue weighted by atomic mass is 19.4. The molecule has 2 aromatic rings. The molecule has 0 radical (unpaired) electrons. The Labute approximate surface area is 154 Å². The first-order chi connectivity index (χ1) is 12.9. The van der Waals surface area contributed by atoms with E-state index in [0.717, 1.165) is 6.07 Å². The summed E-state index contributed by atoms with van der Waals surface area (Å²) in [7, 11) is 0. The van der Waals surface area contributed by atoms with Crippen LogP contribution in [-0.4, -0.2) is 47.5 Å². The highest BCUT2D eigenvalue weighted by Crippen LogP contribution is 2.33. The standard InChI is InChI=1S/C18H20F3N3O3/c1-12-3-2-4-16(18(19,20)21)15(12)11-27-13-7-22-17(23-8-13)24-5-6-26-14(9-24)10-25/h2-4,7-8,14,25H,5-6,9-11H2,1H3/t14-/m0/s1. The maximum absolute atomic E-state index is 13.2. The van der Waals surface area contributed by atoms with Crippen LogP contribution >= 0.6 is 0 Å². The fourth-order valence-electron chi connectivity index (χ4n) is 2.87. The van der Waals surface area contributed by atoms with Crippen molar-refractivity contribution in [1.82, 2.24) is 9.97 Å². The van der Waals surface area contributed by atoms with E-state index in [9.17, 15) is 18.3 Å². The van der Waals surface area contributed by atoms with Crippen LogP contribution < -0.4 is 9.64 Å². The second-order valence-corrected chi connectivity index (χ2v) is 6.23. The Hall–Kier alpha value is -2.39. The number of aryl methyl sites for hydroxylation is 1. The molecule has 1 aliphatic rings. The van der Waals surface area contributed by atoms with Gasteiger partial charge in [-0.15, -0.1) is 0 Å². The van der Waals surface area contributed by atoms with Gasteiger partial charge in [0.05, 0.1) is 37.3 Å². The van der Waals surface area contributed by atoms with Crippen molar-refractivity contribution in [3.63, 3.8) is 0 Å². The lowest BCUT2D eigenvalue weighted by molar-refractivity contribution is -0.138. The predicted molar refractivity (Wildman–Crippen MR) is 91.6 cm³/mol. The number of hydrogen-bond acceptors (Lipinski definition) is 6. The van der Waals surface area contributed by atoms with E-state index in [1.54, 1.807) is 13.0 Å². The van der Waals surface area contributed by atoms with Crippen LogP contribution in [0.5, 0.6) is 5.75 Å². The molecule has 1 aliphatic heterocycles. The molecule has 3 rings (SSSR count). The van der Waals surface area contributed by atoms with Crippen LogP contribution in [-0.2, 0) is 17.5 Å². The maximum atomic E-state index is 13.2. The van der Waals surface area contributed by atoms with Crippen molar-refractivity contribution < 1.29 is 27.8 Å². The van der Waals surface area contributed by atoms with Crippen LogP contribution in [0.15, 0.2) is 30.6 Å². The molecule has 1 aromatic carbocycles. The SMILES string of the molecule is Cc1cccc(C(F)(F)F)c1COc1cnc(N2CCO[C@H](CO)C2)nc1. The number of aliphatic hydroxyl groups excluding tert-OH is 1. The summed E-state index contributed by atoms with van der Waals surface area (Å²) >= 11 is 0. The third-order valence-corrected chi connectivity index (χ3v) is 4.34. The molecule has 0 aliphatic carbocycles. The summed E-state index contributed by atoms with van der Waals surface area (Å²) in [6.45, 7) is 2.82. The van der Waals surface area contributed by atoms with Gasteiger partial charge < -0.3 is 19.5 Å². The van der Waals surface area contributed by atoms with E-state index >= 15 is 0 Å². The first kappa shape index (κ1) is 19.4. The Balaban J connectivity index is 1.68. The Bertz CT molecular complexity index is 769. The highest BCUT2D eigenvalue weighted by molar-refractivity contribution is 5.37. The van der Waals surface area contributed by atoms with Gasteiger partial charge in [0.2, 0.25) is 5.95 Å². The molecule has 0 spiro atoms. The highest BCUT2D eigenvalue weighted by Gasteiger charge is 2.33. The van der Waals surface area contributed by atoms with Crippen molar-refractivity contribution in [2.45, 2.75) is 25.8 Å². The predicted octanol–water partition coefficient (Wildman–Crippen LogP) is 2.58. The number of rotatable bonds is 5. The normalized spacial score (nSPS) is 17.8. The molecule has 0 saturated carbocycles. The van der Waals surface area contributed by atoms with Gasteiger partial charge in [0.25, 0.3) is 0 Å². The van der Waals surface area contributed by atoms with Crippen molar-refractivity contribution in [2.24, 2.45) is 0 Å². The van der Waals surface area contributed by atoms with E-state index in [-0.39, 0.29) is 30.6 Å². The number of ether oxygens (including phenoxy) is 2. The molecular weight excluding hydrogens is 363 g/mol. The molecule has 0 amide bonds. The minimum atomic E-state index is -4.44. The molecule has 1 N–H and O–H groups in total. The number of anilines is 1. The van der Waals surface area contributed by atoms with Crippen LogP contribution in [0.2, 0.25) is 0 Å². The van der Waals surface area contributed by atoms with E-state index in [2.05, 4.69) is 9.97 Å². The monoisotopic (exact) mass is 383 g/mol. The van der Waals surface area contributed by atoms with E-state index in [4.69, 9.17) is 9.47 Å². The third-order valence-electron chi connectivity index (χ3n) is 4.34. The molecule has 27 heavy (non-hydrogen) atoms. The average molecular weight is 383 g/mol. The number of hydrogen-bond donors (Lipinski definition) is 1. The van der Waals surface area contributed by atoms with Gasteiger partial charge in [-0.2, -0.15) is 13.2 Å². The Morgan fingerprint density at radius 1 is 1.30 bits per heavy atom. The molecule has 2 heterocycles. The molecule has 1 saturated heterocycles. The van der Waals surface area contributed by atoms with Crippen LogP contribution in [0, 0.1) is 6.92 Å². The smallest absolute Gasteiger partial charge is 0.416 e. The lowest BCUT2D eigenvalue weighted by Gasteiger charge is -2.31. The lowest BCUT2D eigenvalue weighted by atomic mass is 10.0. The van der Waals surface area contributed by atoms with Crippen molar-refractivity contribution >= 4 is 5.95 Å².